The van der Waals surface area contributed by atoms with Gasteiger partial charge in [0.1, 0.15) is 18.3 Å². The van der Waals surface area contributed by atoms with Crippen LogP contribution in [0.3, 0.4) is 0 Å². The first-order valence-corrected chi connectivity index (χ1v) is 4.56. The standard InChI is InChI=1S/C9H14O5/c1-9(2)13-7-6(11-3)5(4-10)12-8(7)14-9/h4-8H,1-3H3. The SMILES string of the molecule is COC1C(C=O)OC2OC(C)(C)OC21. The molecular formula is C9H14O5. The molecule has 2 saturated heterocycles. The average molecular weight is 202 g/mol. The Morgan fingerprint density at radius 1 is 1.36 bits per heavy atom. The van der Waals surface area contributed by atoms with Crippen molar-refractivity contribution in [1.29, 1.82) is 0 Å². The highest BCUT2D eigenvalue weighted by molar-refractivity contribution is 5.58. The van der Waals surface area contributed by atoms with E-state index in [1.54, 1.807) is 13.8 Å². The Morgan fingerprint density at radius 2 is 2.07 bits per heavy atom. The molecule has 0 bridgehead atoms. The second kappa shape index (κ2) is 3.27. The predicted molar refractivity (Wildman–Crippen MR) is 45.6 cm³/mol. The number of methoxy groups -OCH3 is 1. The molecule has 2 aliphatic rings. The smallest absolute Gasteiger partial charge is 0.190 e. The number of hydrogen-bond acceptors (Lipinski definition) is 5. The van der Waals surface area contributed by atoms with Crippen LogP contribution in [0, 0.1) is 0 Å². The van der Waals surface area contributed by atoms with Gasteiger partial charge in [-0.2, -0.15) is 0 Å². The molecule has 4 atom stereocenters. The van der Waals surface area contributed by atoms with Crippen molar-refractivity contribution in [3.8, 4) is 0 Å². The van der Waals surface area contributed by atoms with Crippen molar-refractivity contribution in [2.24, 2.45) is 0 Å². The predicted octanol–water partition coefficient (Wildman–Crippen LogP) is 0.0767. The number of carbonyl (C=O) groups is 1. The van der Waals surface area contributed by atoms with Gasteiger partial charge in [-0.15, -0.1) is 0 Å². The summed E-state index contributed by atoms with van der Waals surface area (Å²) >= 11 is 0. The zero-order chi connectivity index (χ0) is 10.3. The van der Waals surface area contributed by atoms with Crippen molar-refractivity contribution in [1.82, 2.24) is 0 Å². The largest absolute Gasteiger partial charge is 0.375 e. The zero-order valence-electron chi connectivity index (χ0n) is 8.43. The molecule has 0 amide bonds. The number of carbonyl (C=O) groups excluding carboxylic acids is 1. The van der Waals surface area contributed by atoms with E-state index >= 15 is 0 Å². The molecule has 2 fully saturated rings. The van der Waals surface area contributed by atoms with Crippen LogP contribution in [0.25, 0.3) is 0 Å². The van der Waals surface area contributed by atoms with E-state index in [9.17, 15) is 4.79 Å². The molecule has 14 heavy (non-hydrogen) atoms. The fourth-order valence-corrected chi connectivity index (χ4v) is 1.88. The molecule has 0 aliphatic carbocycles. The van der Waals surface area contributed by atoms with E-state index < -0.39 is 18.2 Å². The van der Waals surface area contributed by atoms with Gasteiger partial charge in [0.2, 0.25) is 0 Å². The van der Waals surface area contributed by atoms with Gasteiger partial charge in [0.05, 0.1) is 0 Å². The molecule has 0 aromatic heterocycles. The highest BCUT2D eigenvalue weighted by atomic mass is 16.8. The molecular weight excluding hydrogens is 188 g/mol. The number of ether oxygens (including phenoxy) is 4. The maximum atomic E-state index is 10.7. The minimum Gasteiger partial charge on any atom is -0.375 e. The third kappa shape index (κ3) is 1.46. The van der Waals surface area contributed by atoms with Crippen LogP contribution in [0.1, 0.15) is 13.8 Å². The minimum atomic E-state index is -0.667. The molecule has 2 heterocycles. The van der Waals surface area contributed by atoms with Gasteiger partial charge >= 0.3 is 0 Å². The number of fused-ring (bicyclic) bond motifs is 1. The number of rotatable bonds is 2. The summed E-state index contributed by atoms with van der Waals surface area (Å²) in [5, 5.41) is 0. The van der Waals surface area contributed by atoms with Crippen LogP contribution in [0.15, 0.2) is 0 Å². The Balaban J connectivity index is 2.13. The van der Waals surface area contributed by atoms with Gasteiger partial charge in [0.15, 0.2) is 18.4 Å². The van der Waals surface area contributed by atoms with Crippen LogP contribution in [0.2, 0.25) is 0 Å². The summed E-state index contributed by atoms with van der Waals surface area (Å²) in [6.45, 7) is 3.61. The Bertz CT molecular complexity index is 239. The maximum Gasteiger partial charge on any atom is 0.190 e. The van der Waals surface area contributed by atoms with E-state index in [0.717, 1.165) is 0 Å². The highest BCUT2D eigenvalue weighted by Crippen LogP contribution is 2.37. The van der Waals surface area contributed by atoms with Crippen LogP contribution in [-0.2, 0) is 23.7 Å². The summed E-state index contributed by atoms with van der Waals surface area (Å²) < 4.78 is 21.5. The molecule has 0 radical (unpaired) electrons. The van der Waals surface area contributed by atoms with Crippen molar-refractivity contribution in [3.05, 3.63) is 0 Å². The molecule has 5 heteroatoms. The fraction of sp³-hybridized carbons (Fsp3) is 0.889. The molecule has 2 aliphatic heterocycles. The Hall–Kier alpha value is -0.490. The summed E-state index contributed by atoms with van der Waals surface area (Å²) in [6.07, 6.45) is -1.06. The van der Waals surface area contributed by atoms with E-state index in [2.05, 4.69) is 0 Å². The van der Waals surface area contributed by atoms with Crippen molar-refractivity contribution >= 4 is 6.29 Å². The molecule has 5 nitrogen and oxygen atoms in total. The third-order valence-corrected chi connectivity index (χ3v) is 2.43. The summed E-state index contributed by atoms with van der Waals surface area (Å²) in [5.41, 5.74) is 0. The molecule has 80 valence electrons. The highest BCUT2D eigenvalue weighted by Gasteiger charge is 2.55. The van der Waals surface area contributed by atoms with Crippen molar-refractivity contribution < 1.29 is 23.7 Å². The topological polar surface area (TPSA) is 54.0 Å². The van der Waals surface area contributed by atoms with Gasteiger partial charge in [-0.1, -0.05) is 0 Å². The third-order valence-electron chi connectivity index (χ3n) is 2.43. The molecule has 0 aromatic rings. The summed E-state index contributed by atoms with van der Waals surface area (Å²) in [6, 6.07) is 0. The fourth-order valence-electron chi connectivity index (χ4n) is 1.88. The van der Waals surface area contributed by atoms with E-state index in [1.807, 2.05) is 0 Å². The molecule has 0 N–H and O–H groups in total. The van der Waals surface area contributed by atoms with Crippen molar-refractivity contribution in [2.75, 3.05) is 7.11 Å². The zero-order valence-corrected chi connectivity index (χ0v) is 8.43. The van der Waals surface area contributed by atoms with Crippen LogP contribution >= 0.6 is 0 Å². The Morgan fingerprint density at radius 3 is 2.64 bits per heavy atom. The lowest BCUT2D eigenvalue weighted by molar-refractivity contribution is -0.213. The minimum absolute atomic E-state index is 0.315. The van der Waals surface area contributed by atoms with E-state index in [1.165, 1.54) is 7.11 Å². The van der Waals surface area contributed by atoms with Gasteiger partial charge in [-0.05, 0) is 13.8 Å². The normalized spacial score (nSPS) is 45.1. The monoisotopic (exact) mass is 202 g/mol. The molecule has 0 spiro atoms. The second-order valence-corrected chi connectivity index (χ2v) is 3.91. The van der Waals surface area contributed by atoms with Gasteiger partial charge in [0.25, 0.3) is 0 Å². The van der Waals surface area contributed by atoms with Crippen molar-refractivity contribution in [3.63, 3.8) is 0 Å². The summed E-state index contributed by atoms with van der Waals surface area (Å²) in [7, 11) is 1.53. The molecule has 2 rings (SSSR count). The number of aldehydes is 1. The lowest BCUT2D eigenvalue weighted by atomic mass is 10.1. The van der Waals surface area contributed by atoms with Crippen molar-refractivity contribution in [2.45, 2.75) is 44.2 Å². The lowest BCUT2D eigenvalue weighted by Crippen LogP contribution is -2.36. The first-order chi connectivity index (χ1) is 6.57. The Kier molecular flexibility index (Phi) is 2.35. The maximum absolute atomic E-state index is 10.7. The van der Waals surface area contributed by atoms with E-state index in [4.69, 9.17) is 18.9 Å². The quantitative estimate of drug-likeness (QED) is 0.593. The first kappa shape index (κ1) is 10.0. The molecule has 0 saturated carbocycles. The summed E-state index contributed by atoms with van der Waals surface area (Å²) in [4.78, 5) is 10.7. The second-order valence-electron chi connectivity index (χ2n) is 3.91. The molecule has 4 unspecified atom stereocenters. The summed E-state index contributed by atoms with van der Waals surface area (Å²) in [5.74, 6) is -0.667. The Labute approximate surface area is 82.3 Å². The van der Waals surface area contributed by atoms with E-state index in [0.29, 0.717) is 6.29 Å². The van der Waals surface area contributed by atoms with Gasteiger partial charge in [0, 0.05) is 7.11 Å². The molecule has 0 aromatic carbocycles. The van der Waals surface area contributed by atoms with Crippen LogP contribution in [0.5, 0.6) is 0 Å². The van der Waals surface area contributed by atoms with Gasteiger partial charge in [-0.25, -0.2) is 0 Å². The first-order valence-electron chi connectivity index (χ1n) is 4.56. The number of hydrogen-bond donors (Lipinski definition) is 0. The average Bonchev–Trinajstić information content (AvgIpc) is 2.55. The lowest BCUT2D eigenvalue weighted by Gasteiger charge is -2.22. The van der Waals surface area contributed by atoms with Gasteiger partial charge < -0.3 is 23.7 Å². The van der Waals surface area contributed by atoms with Crippen LogP contribution in [-0.4, -0.2) is 43.8 Å². The van der Waals surface area contributed by atoms with Crippen LogP contribution < -0.4 is 0 Å². The van der Waals surface area contributed by atoms with Gasteiger partial charge in [-0.3, -0.25) is 0 Å². The van der Waals surface area contributed by atoms with Crippen LogP contribution in [0.4, 0.5) is 0 Å². The van der Waals surface area contributed by atoms with E-state index in [-0.39, 0.29) is 12.2 Å².